The van der Waals surface area contributed by atoms with Crippen molar-refractivity contribution >= 4 is 23.6 Å². The molecule has 0 spiro atoms. The van der Waals surface area contributed by atoms with Crippen LogP contribution in [0.2, 0.25) is 0 Å². The smallest absolute Gasteiger partial charge is 0.302 e. The number of benzene rings is 1. The minimum Gasteiger partial charge on any atom is -0.461 e. The van der Waals surface area contributed by atoms with Gasteiger partial charge in [0.2, 0.25) is 0 Å². The Morgan fingerprint density at radius 2 is 2.09 bits per heavy atom. The number of nitrogens with zero attached hydrogens (tertiary/aromatic N) is 1. The molecule has 0 radical (unpaired) electrons. The van der Waals surface area contributed by atoms with E-state index in [-0.39, 0.29) is 30.0 Å². The van der Waals surface area contributed by atoms with Gasteiger partial charge in [-0.2, -0.15) is 0 Å². The molecule has 1 amide bonds. The molecule has 1 aromatic carbocycles. The van der Waals surface area contributed by atoms with Crippen LogP contribution in [0, 0.1) is 0 Å². The number of fused-ring (bicyclic) bond motifs is 1. The van der Waals surface area contributed by atoms with Gasteiger partial charge in [-0.1, -0.05) is 30.3 Å². The number of carbonyl (C=O) groups is 2. The molecule has 5 nitrogen and oxygen atoms in total. The van der Waals surface area contributed by atoms with Gasteiger partial charge in [0.25, 0.3) is 5.91 Å². The second kappa shape index (κ2) is 6.76. The second-order valence-electron chi connectivity index (χ2n) is 5.56. The summed E-state index contributed by atoms with van der Waals surface area (Å²) in [6.07, 6.45) is 0.275. The molecule has 0 N–H and O–H groups in total. The molecule has 23 heavy (non-hydrogen) atoms. The lowest BCUT2D eigenvalue weighted by Crippen LogP contribution is -2.65. The molecule has 0 saturated carbocycles. The summed E-state index contributed by atoms with van der Waals surface area (Å²) in [4.78, 5) is 25.3. The predicted molar refractivity (Wildman–Crippen MR) is 87.7 cm³/mol. The van der Waals surface area contributed by atoms with Gasteiger partial charge in [0.15, 0.2) is 6.10 Å². The van der Waals surface area contributed by atoms with Gasteiger partial charge in [0.1, 0.15) is 12.0 Å². The molecule has 2 heterocycles. The number of thioether (sulfide) groups is 1. The number of amides is 1. The van der Waals surface area contributed by atoms with Crippen LogP contribution in [0.1, 0.15) is 12.5 Å². The Labute approximate surface area is 139 Å². The van der Waals surface area contributed by atoms with Crippen molar-refractivity contribution in [1.82, 2.24) is 4.90 Å². The van der Waals surface area contributed by atoms with Gasteiger partial charge in [-0.15, -0.1) is 11.8 Å². The average molecular weight is 333 g/mol. The Morgan fingerprint density at radius 3 is 2.74 bits per heavy atom. The third-order valence-electron chi connectivity index (χ3n) is 4.04. The molecule has 122 valence electrons. The number of β-lactam (4-membered cyclic amide) rings is 1. The predicted octanol–water partition coefficient (Wildman–Crippen LogP) is 1.98. The summed E-state index contributed by atoms with van der Waals surface area (Å²) >= 11 is 1.65. The zero-order chi connectivity index (χ0) is 16.4. The van der Waals surface area contributed by atoms with Gasteiger partial charge < -0.3 is 9.47 Å². The lowest BCUT2D eigenvalue weighted by Gasteiger charge is -2.50. The van der Waals surface area contributed by atoms with Gasteiger partial charge in [0, 0.05) is 31.9 Å². The van der Waals surface area contributed by atoms with Crippen molar-refractivity contribution < 1.29 is 19.1 Å². The first-order valence-corrected chi connectivity index (χ1v) is 8.52. The van der Waals surface area contributed by atoms with Crippen LogP contribution in [-0.2, 0) is 25.5 Å². The van der Waals surface area contributed by atoms with Crippen LogP contribution in [0.5, 0.6) is 0 Å². The van der Waals surface area contributed by atoms with E-state index in [0.717, 1.165) is 22.6 Å². The lowest BCUT2D eigenvalue weighted by atomic mass is 10.00. The number of hydrogen-bond donors (Lipinski definition) is 0. The van der Waals surface area contributed by atoms with Crippen LogP contribution in [0.15, 0.2) is 41.6 Å². The zero-order valence-electron chi connectivity index (χ0n) is 13.2. The molecular weight excluding hydrogens is 314 g/mol. The summed E-state index contributed by atoms with van der Waals surface area (Å²) < 4.78 is 10.4. The molecule has 2 aliphatic rings. The lowest BCUT2D eigenvalue weighted by molar-refractivity contribution is -0.158. The van der Waals surface area contributed by atoms with E-state index in [1.165, 1.54) is 6.92 Å². The third-order valence-corrected chi connectivity index (χ3v) is 5.35. The summed E-state index contributed by atoms with van der Waals surface area (Å²) in [5.41, 5.74) is 3.06. The Kier molecular flexibility index (Phi) is 4.73. The maximum Gasteiger partial charge on any atom is 0.302 e. The maximum atomic E-state index is 12.4. The molecule has 2 atom stereocenters. The van der Waals surface area contributed by atoms with Gasteiger partial charge >= 0.3 is 5.97 Å². The van der Waals surface area contributed by atoms with E-state index in [0.29, 0.717) is 6.42 Å². The summed E-state index contributed by atoms with van der Waals surface area (Å²) in [6.45, 7) is 1.63. The third kappa shape index (κ3) is 3.14. The molecule has 1 fully saturated rings. The van der Waals surface area contributed by atoms with E-state index < -0.39 is 0 Å². The van der Waals surface area contributed by atoms with Crippen LogP contribution in [0.25, 0.3) is 0 Å². The van der Waals surface area contributed by atoms with Crippen molar-refractivity contribution in [3.05, 3.63) is 47.2 Å². The quantitative estimate of drug-likeness (QED) is 0.609. The zero-order valence-corrected chi connectivity index (χ0v) is 14.0. The number of rotatable bonds is 5. The van der Waals surface area contributed by atoms with E-state index >= 15 is 0 Å². The summed E-state index contributed by atoms with van der Waals surface area (Å²) in [5, 5.41) is 0.0206. The van der Waals surface area contributed by atoms with Gasteiger partial charge in [-0.3, -0.25) is 14.5 Å². The fourth-order valence-corrected chi connectivity index (χ4v) is 4.26. The van der Waals surface area contributed by atoms with Gasteiger partial charge in [0.05, 0.1) is 0 Å². The average Bonchev–Trinajstić information content (AvgIpc) is 2.54. The van der Waals surface area contributed by atoms with Crippen LogP contribution in [0.4, 0.5) is 0 Å². The van der Waals surface area contributed by atoms with E-state index in [1.807, 2.05) is 30.3 Å². The van der Waals surface area contributed by atoms with E-state index in [2.05, 4.69) is 0 Å². The molecule has 0 aromatic heterocycles. The van der Waals surface area contributed by atoms with Crippen molar-refractivity contribution in [2.45, 2.75) is 24.8 Å². The Bertz CT molecular complexity index is 643. The largest absolute Gasteiger partial charge is 0.461 e. The van der Waals surface area contributed by atoms with E-state index in [9.17, 15) is 9.59 Å². The topological polar surface area (TPSA) is 55.8 Å². The summed E-state index contributed by atoms with van der Waals surface area (Å²) in [6, 6.07) is 9.99. The van der Waals surface area contributed by atoms with Crippen LogP contribution >= 0.6 is 11.8 Å². The van der Waals surface area contributed by atoms with Crippen molar-refractivity contribution in [2.24, 2.45) is 0 Å². The van der Waals surface area contributed by atoms with Crippen LogP contribution < -0.4 is 0 Å². The summed E-state index contributed by atoms with van der Waals surface area (Å²) in [5.74, 6) is 0.411. The normalized spacial score (nSPS) is 23.4. The van der Waals surface area contributed by atoms with Gasteiger partial charge in [-0.25, -0.2) is 0 Å². The highest BCUT2D eigenvalue weighted by Gasteiger charge is 2.52. The fraction of sp³-hybridized carbons (Fsp3) is 0.412. The van der Waals surface area contributed by atoms with Crippen molar-refractivity contribution in [1.29, 1.82) is 0 Å². The highest BCUT2D eigenvalue weighted by Crippen LogP contribution is 2.42. The molecule has 0 aliphatic carbocycles. The first kappa shape index (κ1) is 16.1. The number of esters is 1. The number of allylic oxidation sites excluding steroid dienone is 1. The van der Waals surface area contributed by atoms with Crippen molar-refractivity contribution in [3.63, 3.8) is 0 Å². The summed E-state index contributed by atoms with van der Waals surface area (Å²) in [7, 11) is 1.56. The van der Waals surface area contributed by atoms with Gasteiger partial charge in [-0.05, 0) is 11.1 Å². The standard InChI is InChI=1S/C17H19NO4S/c1-11(19)22-9-13-10-23-17-15(21-2)16(20)18(17)14(13)8-12-6-4-3-5-7-12/h3-7,15,17H,8-10H2,1-2H3/t15-,17?/m0/s1. The SMILES string of the molecule is CO[C@H]1C(=O)N2C(Cc3ccccc3)=C(COC(C)=O)CSC12. The molecule has 3 rings (SSSR count). The fourth-order valence-electron chi connectivity index (χ4n) is 2.86. The Hall–Kier alpha value is -1.79. The molecule has 1 unspecified atom stereocenters. The molecule has 2 aliphatic heterocycles. The van der Waals surface area contributed by atoms with E-state index in [4.69, 9.17) is 9.47 Å². The van der Waals surface area contributed by atoms with Crippen LogP contribution in [0.3, 0.4) is 0 Å². The minimum absolute atomic E-state index is 0.0176. The highest BCUT2D eigenvalue weighted by molar-refractivity contribution is 8.00. The molecule has 6 heteroatoms. The van der Waals surface area contributed by atoms with E-state index in [1.54, 1.807) is 23.8 Å². The highest BCUT2D eigenvalue weighted by atomic mass is 32.2. The number of hydrogen-bond acceptors (Lipinski definition) is 5. The number of ether oxygens (including phenoxy) is 2. The molecular formula is C17H19NO4S. The maximum absolute atomic E-state index is 12.4. The Balaban J connectivity index is 1.88. The Morgan fingerprint density at radius 1 is 1.35 bits per heavy atom. The second-order valence-corrected chi connectivity index (χ2v) is 6.66. The first-order chi connectivity index (χ1) is 11.1. The molecule has 1 saturated heterocycles. The van der Waals surface area contributed by atoms with Crippen molar-refractivity contribution in [3.8, 4) is 0 Å². The molecule has 0 bridgehead atoms. The van der Waals surface area contributed by atoms with Crippen molar-refractivity contribution in [2.75, 3.05) is 19.5 Å². The first-order valence-electron chi connectivity index (χ1n) is 7.47. The number of methoxy groups -OCH3 is 1. The number of carbonyl (C=O) groups excluding carboxylic acids is 2. The minimum atomic E-state index is -0.374. The molecule has 1 aromatic rings. The monoisotopic (exact) mass is 333 g/mol. The van der Waals surface area contributed by atoms with Crippen LogP contribution in [-0.4, -0.2) is 47.7 Å².